The highest BCUT2D eigenvalue weighted by atomic mass is 16.7. The molecule has 1 rings (SSSR count). The molecule has 0 bridgehead atoms. The van der Waals surface area contributed by atoms with E-state index in [-0.39, 0.29) is 25.9 Å². The zero-order valence-corrected chi connectivity index (χ0v) is 49.2. The molecule has 0 aliphatic carbocycles. The number of ether oxygens (including phenoxy) is 5. The Hall–Kier alpha value is -3.32. The van der Waals surface area contributed by atoms with Gasteiger partial charge in [0, 0.05) is 19.3 Å². The standard InChI is InChI=1S/C65H114O12/c1-4-7-10-13-16-19-22-25-27-28-29-30-32-34-36-39-42-45-48-51-57(66)73-54-56(75-58(67)52-49-46-43-40-37-33-24-21-18-15-12-9-6-3)55-74-65-63(61(70)60(69)62(77-65)64(71)72)76-59(68)53-50-47-44-41-38-35-31-26-23-20-17-14-11-8-5-2/h9,12,18,21,26,31,33,37,56,60-63,65,69-70H,4-8,10-11,13-17,19-20,22-25,27-30,32,34-36,38-55H2,1-3H3,(H,71,72)/b12-9-,21-18-,31-26-,37-33-. The Kier molecular flexibility index (Phi) is 49.7. The van der Waals surface area contributed by atoms with Gasteiger partial charge in [-0.2, -0.15) is 0 Å². The van der Waals surface area contributed by atoms with Crippen molar-refractivity contribution in [1.29, 1.82) is 0 Å². The van der Waals surface area contributed by atoms with Crippen LogP contribution in [0.3, 0.4) is 0 Å². The maximum atomic E-state index is 13.1. The molecule has 0 aromatic rings. The molecule has 12 nitrogen and oxygen atoms in total. The summed E-state index contributed by atoms with van der Waals surface area (Å²) >= 11 is 0. The summed E-state index contributed by atoms with van der Waals surface area (Å²) in [7, 11) is 0. The number of hydrogen-bond donors (Lipinski definition) is 3. The van der Waals surface area contributed by atoms with Gasteiger partial charge in [-0.1, -0.05) is 243 Å². The minimum Gasteiger partial charge on any atom is -0.479 e. The normalized spacial score (nSPS) is 18.3. The van der Waals surface area contributed by atoms with Gasteiger partial charge in [-0.3, -0.25) is 14.4 Å². The third-order valence-corrected chi connectivity index (χ3v) is 14.4. The van der Waals surface area contributed by atoms with E-state index in [0.29, 0.717) is 19.3 Å². The van der Waals surface area contributed by atoms with Crippen LogP contribution in [0.25, 0.3) is 0 Å². The van der Waals surface area contributed by atoms with Crippen LogP contribution in [-0.4, -0.2) is 89.2 Å². The molecule has 12 heteroatoms. The molecule has 77 heavy (non-hydrogen) atoms. The second-order valence-corrected chi connectivity index (χ2v) is 21.7. The molecule has 446 valence electrons. The number of aliphatic hydroxyl groups excluding tert-OH is 2. The summed E-state index contributed by atoms with van der Waals surface area (Å²) < 4.78 is 28.5. The molecule has 0 saturated carbocycles. The first-order valence-corrected chi connectivity index (χ1v) is 31.6. The first kappa shape index (κ1) is 71.7. The van der Waals surface area contributed by atoms with Crippen LogP contribution in [0.5, 0.6) is 0 Å². The minimum absolute atomic E-state index is 0.0487. The number of unbranched alkanes of at least 4 members (excludes halogenated alkanes) is 32. The van der Waals surface area contributed by atoms with Gasteiger partial charge in [0.2, 0.25) is 0 Å². The number of allylic oxidation sites excluding steroid dienone is 8. The Balaban J connectivity index is 2.65. The number of esters is 3. The monoisotopic (exact) mass is 1090 g/mol. The summed E-state index contributed by atoms with van der Waals surface area (Å²) in [6.07, 6.45) is 52.3. The molecule has 0 amide bonds. The average Bonchev–Trinajstić information content (AvgIpc) is 3.42. The number of carbonyl (C=O) groups is 4. The van der Waals surface area contributed by atoms with Crippen LogP contribution in [0.1, 0.15) is 290 Å². The van der Waals surface area contributed by atoms with Crippen molar-refractivity contribution in [3.05, 3.63) is 48.6 Å². The molecule has 6 atom stereocenters. The van der Waals surface area contributed by atoms with Crippen molar-refractivity contribution in [3.8, 4) is 0 Å². The Labute approximate surface area is 469 Å². The summed E-state index contributed by atoms with van der Waals surface area (Å²) in [4.78, 5) is 51.2. The van der Waals surface area contributed by atoms with Crippen molar-refractivity contribution in [2.75, 3.05) is 13.2 Å². The number of carbonyl (C=O) groups excluding carboxylic acids is 3. The first-order chi connectivity index (χ1) is 37.6. The van der Waals surface area contributed by atoms with E-state index >= 15 is 0 Å². The van der Waals surface area contributed by atoms with Crippen LogP contribution in [0, 0.1) is 0 Å². The Morgan fingerprint density at radius 3 is 1.27 bits per heavy atom. The topological polar surface area (TPSA) is 175 Å². The minimum atomic E-state index is -1.91. The van der Waals surface area contributed by atoms with Crippen molar-refractivity contribution < 1.29 is 58.2 Å². The van der Waals surface area contributed by atoms with Gasteiger partial charge in [0.1, 0.15) is 18.8 Å². The maximum Gasteiger partial charge on any atom is 0.335 e. The molecule has 1 fully saturated rings. The van der Waals surface area contributed by atoms with Crippen molar-refractivity contribution >= 4 is 23.9 Å². The number of aliphatic hydroxyl groups is 2. The van der Waals surface area contributed by atoms with Gasteiger partial charge in [-0.05, 0) is 77.0 Å². The van der Waals surface area contributed by atoms with Crippen LogP contribution >= 0.6 is 0 Å². The molecular weight excluding hydrogens is 973 g/mol. The number of rotatable bonds is 54. The van der Waals surface area contributed by atoms with E-state index in [0.717, 1.165) is 96.3 Å². The SMILES string of the molecule is CC/C=C\C/C=C\C/C=C\CCCCCC(=O)OC(COC(=O)CCCCCCCCCCCCCCCCCCCCC)COC1OC(C(=O)O)C(O)C(O)C1OC(=O)CCCCCCC/C=C\CCCCCCCC. The predicted molar refractivity (Wildman–Crippen MR) is 312 cm³/mol. The Bertz CT molecular complexity index is 1520. The van der Waals surface area contributed by atoms with E-state index in [9.17, 15) is 34.5 Å². The van der Waals surface area contributed by atoms with Gasteiger partial charge in [-0.15, -0.1) is 0 Å². The van der Waals surface area contributed by atoms with Crippen LogP contribution < -0.4 is 0 Å². The lowest BCUT2D eigenvalue weighted by Gasteiger charge is -2.40. The summed E-state index contributed by atoms with van der Waals surface area (Å²) in [6, 6.07) is 0. The number of carboxylic acids is 1. The summed E-state index contributed by atoms with van der Waals surface area (Å²) in [6.45, 7) is 5.88. The Morgan fingerprint density at radius 2 is 0.818 bits per heavy atom. The molecule has 0 aromatic heterocycles. The average molecular weight is 1090 g/mol. The van der Waals surface area contributed by atoms with Crippen molar-refractivity contribution in [2.45, 2.75) is 327 Å². The van der Waals surface area contributed by atoms with Crippen molar-refractivity contribution in [2.24, 2.45) is 0 Å². The highest BCUT2D eigenvalue weighted by Gasteiger charge is 2.50. The van der Waals surface area contributed by atoms with Crippen LogP contribution in [-0.2, 0) is 42.9 Å². The largest absolute Gasteiger partial charge is 0.479 e. The lowest BCUT2D eigenvalue weighted by Crippen LogP contribution is -2.61. The first-order valence-electron chi connectivity index (χ1n) is 31.6. The van der Waals surface area contributed by atoms with Gasteiger partial charge in [0.15, 0.2) is 24.6 Å². The van der Waals surface area contributed by atoms with E-state index in [2.05, 4.69) is 69.4 Å². The number of carboxylic acid groups (broad SMARTS) is 1. The Morgan fingerprint density at radius 1 is 0.442 bits per heavy atom. The molecule has 6 unspecified atom stereocenters. The van der Waals surface area contributed by atoms with E-state index in [1.807, 2.05) is 0 Å². The zero-order valence-electron chi connectivity index (χ0n) is 49.2. The summed E-state index contributed by atoms with van der Waals surface area (Å²) in [5.41, 5.74) is 0. The van der Waals surface area contributed by atoms with E-state index in [1.165, 1.54) is 135 Å². The quantitative estimate of drug-likeness (QED) is 0.0228. The lowest BCUT2D eigenvalue weighted by atomic mass is 9.98. The molecule has 3 N–H and O–H groups in total. The van der Waals surface area contributed by atoms with E-state index in [1.54, 1.807) is 0 Å². The second-order valence-electron chi connectivity index (χ2n) is 21.7. The molecular formula is C65H114O12. The molecule has 1 aliphatic rings. The number of hydrogen-bond acceptors (Lipinski definition) is 11. The fraction of sp³-hybridized carbons (Fsp3) is 0.815. The molecule has 1 aliphatic heterocycles. The third kappa shape index (κ3) is 43.2. The maximum absolute atomic E-state index is 13.1. The lowest BCUT2D eigenvalue weighted by molar-refractivity contribution is -0.301. The molecule has 0 aromatic carbocycles. The molecule has 0 spiro atoms. The van der Waals surface area contributed by atoms with Gasteiger partial charge >= 0.3 is 23.9 Å². The van der Waals surface area contributed by atoms with Gasteiger partial charge in [0.25, 0.3) is 0 Å². The smallest absolute Gasteiger partial charge is 0.335 e. The predicted octanol–water partition coefficient (Wildman–Crippen LogP) is 16.6. The van der Waals surface area contributed by atoms with Crippen LogP contribution in [0.4, 0.5) is 0 Å². The van der Waals surface area contributed by atoms with Crippen molar-refractivity contribution in [3.63, 3.8) is 0 Å². The summed E-state index contributed by atoms with van der Waals surface area (Å²) in [5, 5.41) is 31.5. The van der Waals surface area contributed by atoms with E-state index < -0.39 is 67.3 Å². The highest BCUT2D eigenvalue weighted by Crippen LogP contribution is 2.27. The van der Waals surface area contributed by atoms with Crippen LogP contribution in [0.2, 0.25) is 0 Å². The second kappa shape index (κ2) is 53.3. The van der Waals surface area contributed by atoms with Crippen LogP contribution in [0.15, 0.2) is 48.6 Å². The van der Waals surface area contributed by atoms with Gasteiger partial charge < -0.3 is 39.0 Å². The van der Waals surface area contributed by atoms with Gasteiger partial charge in [0.05, 0.1) is 6.61 Å². The fourth-order valence-corrected chi connectivity index (χ4v) is 9.56. The molecule has 0 radical (unpaired) electrons. The number of aliphatic carboxylic acids is 1. The van der Waals surface area contributed by atoms with Crippen molar-refractivity contribution in [1.82, 2.24) is 0 Å². The molecule has 1 heterocycles. The summed E-state index contributed by atoms with van der Waals surface area (Å²) in [5.74, 6) is -3.15. The van der Waals surface area contributed by atoms with E-state index in [4.69, 9.17) is 23.7 Å². The zero-order chi connectivity index (χ0) is 56.1. The van der Waals surface area contributed by atoms with Gasteiger partial charge in [-0.25, -0.2) is 4.79 Å². The fourth-order valence-electron chi connectivity index (χ4n) is 9.56. The third-order valence-electron chi connectivity index (χ3n) is 14.4. The highest BCUT2D eigenvalue weighted by molar-refractivity contribution is 5.74. The molecule has 1 saturated heterocycles.